The van der Waals surface area contributed by atoms with Crippen LogP contribution in [0.1, 0.15) is 0 Å². The summed E-state index contributed by atoms with van der Waals surface area (Å²) in [6.45, 7) is 0. The third-order valence-electron chi connectivity index (χ3n) is 1.21. The molecular weight excluding hydrogens is 334 g/mol. The van der Waals surface area contributed by atoms with Gasteiger partial charge in [-0.1, -0.05) is 6.07 Å². The standard InChI is InChI=1S/C6H4N5.Ir/c1-2-4-7-5(3-1)6-8-10-11-9-6;/h1-4H;/q-1;. The van der Waals surface area contributed by atoms with E-state index in [1.54, 1.807) is 12.3 Å². The summed E-state index contributed by atoms with van der Waals surface area (Å²) < 4.78 is 0. The number of aromatic nitrogens is 5. The Balaban J connectivity index is 0.000000720. The van der Waals surface area contributed by atoms with Gasteiger partial charge in [0.25, 0.3) is 0 Å². The molecule has 63 valence electrons. The van der Waals surface area contributed by atoms with E-state index in [9.17, 15) is 0 Å². The maximum absolute atomic E-state index is 4.02. The van der Waals surface area contributed by atoms with Crippen molar-refractivity contribution < 1.29 is 20.1 Å². The van der Waals surface area contributed by atoms with Crippen molar-refractivity contribution in [2.45, 2.75) is 0 Å². The molecule has 0 unspecified atom stereocenters. The Morgan fingerprint density at radius 1 is 1.25 bits per heavy atom. The van der Waals surface area contributed by atoms with E-state index in [-0.39, 0.29) is 20.1 Å². The first-order valence-electron chi connectivity index (χ1n) is 3.07. The molecule has 0 fully saturated rings. The fraction of sp³-hybridized carbons (Fsp3) is 0. The minimum Gasteiger partial charge on any atom is -0.329 e. The van der Waals surface area contributed by atoms with Crippen molar-refractivity contribution in [3.05, 3.63) is 24.4 Å². The molecule has 2 aromatic rings. The van der Waals surface area contributed by atoms with Gasteiger partial charge in [-0.05, 0) is 12.1 Å². The van der Waals surface area contributed by atoms with Gasteiger partial charge in [0.2, 0.25) is 0 Å². The third-order valence-corrected chi connectivity index (χ3v) is 1.21. The molecule has 0 bridgehead atoms. The molecule has 2 aromatic heterocycles. The summed E-state index contributed by atoms with van der Waals surface area (Å²) in [5.41, 5.74) is 0.692. The van der Waals surface area contributed by atoms with Crippen LogP contribution in [0.15, 0.2) is 24.4 Å². The summed E-state index contributed by atoms with van der Waals surface area (Å²) in [5, 5.41) is 14.0. The van der Waals surface area contributed by atoms with Crippen LogP contribution >= 0.6 is 0 Å². The van der Waals surface area contributed by atoms with E-state index in [2.05, 4.69) is 25.6 Å². The summed E-state index contributed by atoms with van der Waals surface area (Å²) >= 11 is 0. The first kappa shape index (κ1) is 8.96. The molecule has 0 aromatic carbocycles. The van der Waals surface area contributed by atoms with Crippen LogP contribution in [0.4, 0.5) is 0 Å². The zero-order chi connectivity index (χ0) is 7.52. The van der Waals surface area contributed by atoms with Crippen molar-refractivity contribution >= 4 is 0 Å². The molecule has 0 N–H and O–H groups in total. The average Bonchev–Trinajstić information content (AvgIpc) is 2.58. The predicted molar refractivity (Wildman–Crippen MR) is 36.4 cm³/mol. The largest absolute Gasteiger partial charge is 0.329 e. The Morgan fingerprint density at radius 2 is 2.17 bits per heavy atom. The minimum absolute atomic E-state index is 0. The van der Waals surface area contributed by atoms with Crippen LogP contribution in [-0.4, -0.2) is 20.5 Å². The van der Waals surface area contributed by atoms with E-state index in [0.29, 0.717) is 11.5 Å². The van der Waals surface area contributed by atoms with Gasteiger partial charge < -0.3 is 5.10 Å². The zero-order valence-electron chi connectivity index (χ0n) is 5.88. The maximum Gasteiger partial charge on any atom is 0.0772 e. The molecule has 0 saturated carbocycles. The smallest absolute Gasteiger partial charge is 0.0772 e. The maximum atomic E-state index is 4.02. The number of nitrogens with zero attached hydrogens (tertiary/aromatic N) is 5. The van der Waals surface area contributed by atoms with Gasteiger partial charge in [-0.15, -0.1) is 0 Å². The number of hydrogen-bond acceptors (Lipinski definition) is 4. The molecule has 0 saturated heterocycles. The SMILES string of the molecule is [Ir].c1ccc(-c2nnn[n-]2)nc1. The molecule has 2 heterocycles. The van der Waals surface area contributed by atoms with E-state index in [1.807, 2.05) is 12.1 Å². The third kappa shape index (κ3) is 1.72. The van der Waals surface area contributed by atoms with Crippen molar-refractivity contribution in [1.29, 1.82) is 0 Å². The molecular formula is C6H4IrN5-. The normalized spacial score (nSPS) is 9.00. The molecule has 12 heavy (non-hydrogen) atoms. The van der Waals surface area contributed by atoms with Gasteiger partial charge in [0.1, 0.15) is 0 Å². The van der Waals surface area contributed by atoms with Gasteiger partial charge in [-0.2, -0.15) is 5.21 Å². The first-order valence-corrected chi connectivity index (χ1v) is 3.07. The van der Waals surface area contributed by atoms with Crippen molar-refractivity contribution in [2.24, 2.45) is 0 Å². The van der Waals surface area contributed by atoms with Crippen LogP contribution in [0.5, 0.6) is 0 Å². The van der Waals surface area contributed by atoms with Crippen molar-refractivity contribution in [2.75, 3.05) is 0 Å². The molecule has 0 aliphatic carbocycles. The van der Waals surface area contributed by atoms with Crippen LogP contribution in [0, 0.1) is 0 Å². The van der Waals surface area contributed by atoms with Crippen molar-refractivity contribution in [3.8, 4) is 11.5 Å². The molecule has 6 heteroatoms. The molecule has 2 rings (SSSR count). The monoisotopic (exact) mass is 339 g/mol. The van der Waals surface area contributed by atoms with Crippen LogP contribution in [0.25, 0.3) is 11.5 Å². The Morgan fingerprint density at radius 3 is 2.75 bits per heavy atom. The van der Waals surface area contributed by atoms with Gasteiger partial charge in [0.15, 0.2) is 0 Å². The van der Waals surface area contributed by atoms with Gasteiger partial charge >= 0.3 is 0 Å². The Hall–Kier alpha value is -1.13. The van der Waals surface area contributed by atoms with E-state index in [4.69, 9.17) is 0 Å². The van der Waals surface area contributed by atoms with E-state index in [1.165, 1.54) is 0 Å². The summed E-state index contributed by atoms with van der Waals surface area (Å²) in [6, 6.07) is 5.49. The number of pyridine rings is 1. The summed E-state index contributed by atoms with van der Waals surface area (Å²) in [7, 11) is 0. The minimum atomic E-state index is 0. The molecule has 5 nitrogen and oxygen atoms in total. The fourth-order valence-electron chi connectivity index (χ4n) is 0.742. The fourth-order valence-corrected chi connectivity index (χ4v) is 0.742. The first-order chi connectivity index (χ1) is 5.47. The Bertz CT molecular complexity index is 319. The zero-order valence-corrected chi connectivity index (χ0v) is 8.27. The number of tetrazole rings is 1. The quantitative estimate of drug-likeness (QED) is 0.726. The van der Waals surface area contributed by atoms with Crippen LogP contribution < -0.4 is 5.10 Å². The van der Waals surface area contributed by atoms with Gasteiger partial charge in [-0.3, -0.25) is 15.3 Å². The van der Waals surface area contributed by atoms with E-state index >= 15 is 0 Å². The Kier molecular flexibility index (Phi) is 3.01. The second-order valence-corrected chi connectivity index (χ2v) is 1.92. The van der Waals surface area contributed by atoms with Gasteiger partial charge in [0.05, 0.1) is 11.5 Å². The topological polar surface area (TPSA) is 65.7 Å². The molecule has 0 spiro atoms. The second kappa shape index (κ2) is 4.04. The van der Waals surface area contributed by atoms with E-state index < -0.39 is 0 Å². The number of rotatable bonds is 1. The van der Waals surface area contributed by atoms with Crippen LogP contribution in [0.2, 0.25) is 0 Å². The molecule has 1 radical (unpaired) electrons. The molecule has 0 aliphatic rings. The van der Waals surface area contributed by atoms with Crippen molar-refractivity contribution in [1.82, 2.24) is 25.6 Å². The molecule has 0 atom stereocenters. The van der Waals surface area contributed by atoms with E-state index in [0.717, 1.165) is 0 Å². The van der Waals surface area contributed by atoms with Crippen molar-refractivity contribution in [3.63, 3.8) is 0 Å². The average molecular weight is 338 g/mol. The second-order valence-electron chi connectivity index (χ2n) is 1.92. The summed E-state index contributed by atoms with van der Waals surface area (Å²) in [4.78, 5) is 4.02. The van der Waals surface area contributed by atoms with Crippen LogP contribution in [0.3, 0.4) is 0 Å². The molecule has 0 amide bonds. The number of hydrogen-bond donors (Lipinski definition) is 0. The molecule has 0 aliphatic heterocycles. The Labute approximate surface area is 82.0 Å². The summed E-state index contributed by atoms with van der Waals surface area (Å²) in [5.74, 6) is 0.464. The van der Waals surface area contributed by atoms with Gasteiger partial charge in [-0.25, -0.2) is 0 Å². The predicted octanol–water partition coefficient (Wildman–Crippen LogP) is -0.112. The van der Waals surface area contributed by atoms with Gasteiger partial charge in [0, 0.05) is 26.3 Å². The summed E-state index contributed by atoms with van der Waals surface area (Å²) in [6.07, 6.45) is 1.67. The van der Waals surface area contributed by atoms with Crippen LogP contribution in [-0.2, 0) is 20.1 Å².